The second-order valence-corrected chi connectivity index (χ2v) is 11.5. The minimum absolute atomic E-state index is 0.00704. The lowest BCUT2D eigenvalue weighted by Gasteiger charge is -2.33. The summed E-state index contributed by atoms with van der Waals surface area (Å²) < 4.78 is 95.6. The number of anilines is 1. The van der Waals surface area contributed by atoms with Gasteiger partial charge in [-0.1, -0.05) is 23.9 Å². The Morgan fingerprint density at radius 1 is 0.977 bits per heavy atom. The van der Waals surface area contributed by atoms with E-state index < -0.39 is 39.8 Å². The number of halogens is 6. The van der Waals surface area contributed by atoms with Gasteiger partial charge in [0.15, 0.2) is 0 Å². The standard InChI is InChI=1S/C30H33F6N3O4S/c1-42-16-11-26(41)38-12-9-21(10-13-38)37-22-3-2-4-23(19-22)44-24-7-5-20(6-8-25(40)39-14-17-43-18-15-39)27(29(31,32)33)28(24)30(34,35)36/h2-8,19,21,37H,9-18H2,1H3. The van der Waals surface area contributed by atoms with Crippen molar-refractivity contribution in [3.05, 3.63) is 59.2 Å². The number of amides is 2. The van der Waals surface area contributed by atoms with E-state index in [1.165, 1.54) is 18.1 Å². The Bertz CT molecular complexity index is 1340. The largest absolute Gasteiger partial charge is 0.418 e. The molecule has 0 aromatic heterocycles. The molecule has 2 aliphatic heterocycles. The number of hydrogen-bond donors (Lipinski definition) is 1. The quantitative estimate of drug-likeness (QED) is 0.259. The van der Waals surface area contributed by atoms with Crippen LogP contribution < -0.4 is 5.32 Å². The van der Waals surface area contributed by atoms with Crippen LogP contribution >= 0.6 is 11.8 Å². The number of hydrogen-bond acceptors (Lipinski definition) is 6. The molecule has 44 heavy (non-hydrogen) atoms. The number of nitrogens with zero attached hydrogens (tertiary/aromatic N) is 2. The number of morpholine rings is 1. The summed E-state index contributed by atoms with van der Waals surface area (Å²) in [6.07, 6.45) is -7.41. The first kappa shape index (κ1) is 33.7. The molecule has 0 saturated carbocycles. The van der Waals surface area contributed by atoms with Gasteiger partial charge in [0.2, 0.25) is 11.8 Å². The van der Waals surface area contributed by atoms with Crippen LogP contribution in [0.5, 0.6) is 0 Å². The van der Waals surface area contributed by atoms with E-state index in [0.29, 0.717) is 61.3 Å². The number of alkyl halides is 6. The Labute approximate surface area is 255 Å². The minimum atomic E-state index is -5.34. The molecule has 0 unspecified atom stereocenters. The average molecular weight is 646 g/mol. The molecule has 7 nitrogen and oxygen atoms in total. The van der Waals surface area contributed by atoms with E-state index in [1.54, 1.807) is 23.1 Å². The van der Waals surface area contributed by atoms with Crippen LogP contribution in [-0.2, 0) is 31.4 Å². The van der Waals surface area contributed by atoms with Crippen molar-refractivity contribution in [1.29, 1.82) is 0 Å². The van der Waals surface area contributed by atoms with Gasteiger partial charge in [-0.2, -0.15) is 26.3 Å². The van der Waals surface area contributed by atoms with Crippen LogP contribution in [-0.4, -0.2) is 80.8 Å². The van der Waals surface area contributed by atoms with Gasteiger partial charge in [0.1, 0.15) is 0 Å². The molecule has 4 rings (SSSR count). The van der Waals surface area contributed by atoms with Gasteiger partial charge in [-0.3, -0.25) is 9.59 Å². The van der Waals surface area contributed by atoms with Gasteiger partial charge in [0.05, 0.1) is 37.4 Å². The van der Waals surface area contributed by atoms with E-state index in [0.717, 1.165) is 24.3 Å². The lowest BCUT2D eigenvalue weighted by Crippen LogP contribution is -2.42. The van der Waals surface area contributed by atoms with Crippen LogP contribution in [0.4, 0.5) is 32.0 Å². The number of carbonyl (C=O) groups is 2. The first-order chi connectivity index (χ1) is 20.9. The molecule has 2 amide bonds. The normalized spacial score (nSPS) is 16.9. The van der Waals surface area contributed by atoms with Crippen molar-refractivity contribution in [3.63, 3.8) is 0 Å². The molecule has 2 aromatic rings. The number of nitrogens with one attached hydrogen (secondary N) is 1. The van der Waals surface area contributed by atoms with Gasteiger partial charge >= 0.3 is 12.4 Å². The summed E-state index contributed by atoms with van der Waals surface area (Å²) >= 11 is 0.577. The monoisotopic (exact) mass is 645 g/mol. The maximum atomic E-state index is 14.3. The Morgan fingerprint density at radius 2 is 1.66 bits per heavy atom. The van der Waals surface area contributed by atoms with Crippen molar-refractivity contribution in [2.45, 2.75) is 47.4 Å². The fraction of sp³-hybridized carbons (Fsp3) is 0.467. The zero-order valence-corrected chi connectivity index (χ0v) is 24.8. The van der Waals surface area contributed by atoms with Gasteiger partial charge < -0.3 is 24.6 Å². The van der Waals surface area contributed by atoms with Crippen LogP contribution in [0.15, 0.2) is 52.3 Å². The molecule has 0 bridgehead atoms. The second kappa shape index (κ2) is 14.7. The molecule has 1 N–H and O–H groups in total. The molecular weight excluding hydrogens is 612 g/mol. The van der Waals surface area contributed by atoms with Crippen LogP contribution in [0.3, 0.4) is 0 Å². The molecule has 2 aliphatic rings. The van der Waals surface area contributed by atoms with Gasteiger partial charge in [-0.25, -0.2) is 0 Å². The van der Waals surface area contributed by atoms with E-state index >= 15 is 0 Å². The van der Waals surface area contributed by atoms with E-state index in [2.05, 4.69) is 5.32 Å². The topological polar surface area (TPSA) is 71.1 Å². The van der Waals surface area contributed by atoms with Gasteiger partial charge in [-0.15, -0.1) is 0 Å². The highest BCUT2D eigenvalue weighted by Gasteiger charge is 2.46. The summed E-state index contributed by atoms with van der Waals surface area (Å²) in [5.41, 5.74) is -3.80. The third kappa shape index (κ3) is 8.91. The maximum Gasteiger partial charge on any atom is 0.418 e. The van der Waals surface area contributed by atoms with Crippen molar-refractivity contribution < 1.29 is 45.4 Å². The van der Waals surface area contributed by atoms with Crippen molar-refractivity contribution in [2.24, 2.45) is 0 Å². The number of ether oxygens (including phenoxy) is 2. The number of benzene rings is 2. The smallest absolute Gasteiger partial charge is 0.384 e. The van der Waals surface area contributed by atoms with E-state index in [9.17, 15) is 35.9 Å². The van der Waals surface area contributed by atoms with Gasteiger partial charge in [0, 0.05) is 60.9 Å². The molecule has 2 fully saturated rings. The molecule has 2 heterocycles. The second-order valence-electron chi connectivity index (χ2n) is 10.3. The van der Waals surface area contributed by atoms with Crippen LogP contribution in [0, 0.1) is 0 Å². The minimum Gasteiger partial charge on any atom is -0.384 e. The Balaban J connectivity index is 1.53. The zero-order valence-electron chi connectivity index (χ0n) is 24.0. The summed E-state index contributed by atoms with van der Waals surface area (Å²) in [7, 11) is 1.53. The first-order valence-electron chi connectivity index (χ1n) is 14.0. The van der Waals surface area contributed by atoms with Crippen LogP contribution in [0.1, 0.15) is 36.0 Å². The fourth-order valence-corrected chi connectivity index (χ4v) is 6.14. The molecular formula is C30H33F6N3O4S. The molecule has 240 valence electrons. The number of methoxy groups -OCH3 is 1. The van der Waals surface area contributed by atoms with Gasteiger partial charge in [-0.05, 0) is 48.7 Å². The molecule has 0 aliphatic carbocycles. The summed E-state index contributed by atoms with van der Waals surface area (Å²) in [4.78, 5) is 27.5. The zero-order chi connectivity index (χ0) is 31.9. The third-order valence-corrected chi connectivity index (χ3v) is 8.34. The van der Waals surface area contributed by atoms with Crippen molar-refractivity contribution in [2.75, 3.05) is 58.4 Å². The molecule has 14 heteroatoms. The Kier molecular flexibility index (Phi) is 11.2. The highest BCUT2D eigenvalue weighted by Crippen LogP contribution is 2.48. The summed E-state index contributed by atoms with van der Waals surface area (Å²) in [5.74, 6) is -0.603. The van der Waals surface area contributed by atoms with Crippen molar-refractivity contribution in [3.8, 4) is 0 Å². The van der Waals surface area contributed by atoms with Crippen LogP contribution in [0.25, 0.3) is 6.08 Å². The molecule has 0 atom stereocenters. The Hall–Kier alpha value is -3.23. The predicted molar refractivity (Wildman–Crippen MR) is 153 cm³/mol. The highest BCUT2D eigenvalue weighted by atomic mass is 32.2. The average Bonchev–Trinajstić information content (AvgIpc) is 2.98. The summed E-state index contributed by atoms with van der Waals surface area (Å²) in [6.45, 7) is 2.44. The highest BCUT2D eigenvalue weighted by molar-refractivity contribution is 7.99. The summed E-state index contributed by atoms with van der Waals surface area (Å²) in [5, 5.41) is 3.32. The number of likely N-dealkylation sites (tertiary alicyclic amines) is 1. The van der Waals surface area contributed by atoms with Crippen molar-refractivity contribution >= 4 is 35.3 Å². The lowest BCUT2D eigenvalue weighted by atomic mass is 9.99. The van der Waals surface area contributed by atoms with Crippen molar-refractivity contribution in [1.82, 2.24) is 9.80 Å². The summed E-state index contributed by atoms with van der Waals surface area (Å²) in [6, 6.07) is 8.41. The molecule has 2 aromatic carbocycles. The predicted octanol–water partition coefficient (Wildman–Crippen LogP) is 6.19. The molecule has 0 spiro atoms. The van der Waals surface area contributed by atoms with E-state index in [1.807, 2.05) is 0 Å². The van der Waals surface area contributed by atoms with Crippen LogP contribution in [0.2, 0.25) is 0 Å². The molecule has 0 radical (unpaired) electrons. The van der Waals surface area contributed by atoms with Gasteiger partial charge in [0.25, 0.3) is 0 Å². The fourth-order valence-electron chi connectivity index (χ4n) is 5.09. The lowest BCUT2D eigenvalue weighted by molar-refractivity contribution is -0.163. The number of piperidine rings is 1. The molecule has 2 saturated heterocycles. The third-order valence-electron chi connectivity index (χ3n) is 7.29. The van der Waals surface area contributed by atoms with E-state index in [-0.39, 0.29) is 38.3 Å². The Morgan fingerprint density at radius 3 is 2.30 bits per heavy atom. The number of rotatable bonds is 9. The number of carbonyl (C=O) groups excluding carboxylic acids is 2. The SMILES string of the molecule is COCCC(=O)N1CCC(Nc2cccc(Sc3ccc(C=CC(=O)N4CCOCC4)c(C(F)(F)F)c3C(F)(F)F)c2)CC1. The van der Waals surface area contributed by atoms with E-state index in [4.69, 9.17) is 9.47 Å². The first-order valence-corrected chi connectivity index (χ1v) is 14.9. The maximum absolute atomic E-state index is 14.3.